The van der Waals surface area contributed by atoms with Crippen LogP contribution in [0.25, 0.3) is 16.7 Å². The molecule has 0 unspecified atom stereocenters. The number of aromatic nitrogens is 2. The Hall–Kier alpha value is -4.32. The average Bonchev–Trinajstić information content (AvgIpc) is 3.24. The summed E-state index contributed by atoms with van der Waals surface area (Å²) in [6.45, 7) is 0.320. The Bertz CT molecular complexity index is 1450. The van der Waals surface area contributed by atoms with Crippen LogP contribution in [0.15, 0.2) is 103 Å². The van der Waals surface area contributed by atoms with Crippen LogP contribution in [0.2, 0.25) is 0 Å². The third kappa shape index (κ3) is 4.30. The molecular formula is C28H21F2N3O. The van der Waals surface area contributed by atoms with Gasteiger partial charge in [0.05, 0.1) is 23.1 Å². The molecule has 168 valence electrons. The molecule has 4 aromatic carbocycles. The van der Waals surface area contributed by atoms with E-state index in [0.29, 0.717) is 5.82 Å². The lowest BCUT2D eigenvalue weighted by Crippen LogP contribution is -2.32. The lowest BCUT2D eigenvalue weighted by molar-refractivity contribution is 0.0719. The third-order valence-electron chi connectivity index (χ3n) is 5.64. The van der Waals surface area contributed by atoms with Gasteiger partial charge in [0, 0.05) is 12.2 Å². The minimum Gasteiger partial charge on any atom is -0.327 e. The molecule has 34 heavy (non-hydrogen) atoms. The summed E-state index contributed by atoms with van der Waals surface area (Å²) in [5.74, 6) is -1.41. The molecule has 0 atom stereocenters. The van der Waals surface area contributed by atoms with E-state index < -0.39 is 17.5 Å². The first-order chi connectivity index (χ1) is 16.6. The second kappa shape index (κ2) is 9.27. The monoisotopic (exact) mass is 453 g/mol. The molecule has 0 aliphatic heterocycles. The number of halogens is 2. The van der Waals surface area contributed by atoms with Gasteiger partial charge in [-0.1, -0.05) is 60.7 Å². The molecule has 0 bridgehead atoms. The van der Waals surface area contributed by atoms with E-state index in [1.54, 1.807) is 0 Å². The second-order valence-corrected chi connectivity index (χ2v) is 7.96. The van der Waals surface area contributed by atoms with Gasteiger partial charge in [-0.3, -0.25) is 9.36 Å². The molecule has 0 aliphatic rings. The third-order valence-corrected chi connectivity index (χ3v) is 5.64. The van der Waals surface area contributed by atoms with Crippen molar-refractivity contribution >= 4 is 16.9 Å². The van der Waals surface area contributed by atoms with Crippen LogP contribution in [0, 0.1) is 11.6 Å². The maximum atomic E-state index is 14.5. The van der Waals surface area contributed by atoms with E-state index in [4.69, 9.17) is 4.98 Å². The molecular weight excluding hydrogens is 432 g/mol. The summed E-state index contributed by atoms with van der Waals surface area (Å²) in [4.78, 5) is 19.8. The predicted octanol–water partition coefficient (Wildman–Crippen LogP) is 6.15. The zero-order valence-corrected chi connectivity index (χ0v) is 18.2. The zero-order valence-electron chi connectivity index (χ0n) is 18.2. The fourth-order valence-electron chi connectivity index (χ4n) is 4.05. The van der Waals surface area contributed by atoms with Crippen molar-refractivity contribution in [2.75, 3.05) is 0 Å². The van der Waals surface area contributed by atoms with Gasteiger partial charge < -0.3 is 4.90 Å². The van der Waals surface area contributed by atoms with Crippen molar-refractivity contribution in [1.82, 2.24) is 14.5 Å². The number of amides is 1. The number of carbonyl (C=O) groups is 1. The van der Waals surface area contributed by atoms with E-state index in [2.05, 4.69) is 0 Å². The summed E-state index contributed by atoms with van der Waals surface area (Å²) in [7, 11) is 0. The summed E-state index contributed by atoms with van der Waals surface area (Å²) in [6.07, 6.45) is 0. The highest BCUT2D eigenvalue weighted by molar-refractivity contribution is 5.94. The molecule has 1 aromatic heterocycles. The van der Waals surface area contributed by atoms with E-state index in [9.17, 15) is 13.6 Å². The second-order valence-electron chi connectivity index (χ2n) is 7.96. The first-order valence-corrected chi connectivity index (χ1v) is 10.9. The van der Waals surface area contributed by atoms with Crippen molar-refractivity contribution in [2.45, 2.75) is 13.1 Å². The van der Waals surface area contributed by atoms with Crippen molar-refractivity contribution in [3.05, 3.63) is 132 Å². The summed E-state index contributed by atoms with van der Waals surface area (Å²) in [5.41, 5.74) is 3.14. The number of nitrogens with zero attached hydrogens (tertiary/aromatic N) is 3. The quantitative estimate of drug-likeness (QED) is 0.309. The van der Waals surface area contributed by atoms with Gasteiger partial charge in [0.2, 0.25) is 0 Å². The van der Waals surface area contributed by atoms with Crippen LogP contribution in [0.5, 0.6) is 0 Å². The molecule has 4 nitrogen and oxygen atoms in total. The van der Waals surface area contributed by atoms with Crippen molar-refractivity contribution in [3.8, 4) is 5.69 Å². The van der Waals surface area contributed by atoms with Crippen LogP contribution in [-0.4, -0.2) is 20.4 Å². The van der Waals surface area contributed by atoms with Crippen molar-refractivity contribution in [2.24, 2.45) is 0 Å². The first kappa shape index (κ1) is 21.5. The standard InChI is InChI=1S/C28H21F2N3O/c29-21-15-16-24(30)23(17-21)28(34)32(18-20-9-3-1-4-10-20)19-27-31-25-13-7-8-14-26(25)33(27)22-11-5-2-6-12-22/h1-17H,18-19H2. The number of para-hydroxylation sites is 3. The highest BCUT2D eigenvalue weighted by Gasteiger charge is 2.23. The number of hydrogen-bond donors (Lipinski definition) is 0. The van der Waals surface area contributed by atoms with Gasteiger partial charge in [-0.2, -0.15) is 0 Å². The first-order valence-electron chi connectivity index (χ1n) is 10.9. The molecule has 0 spiro atoms. The number of fused-ring (bicyclic) bond motifs is 1. The zero-order chi connectivity index (χ0) is 23.5. The Kier molecular flexibility index (Phi) is 5.87. The minimum absolute atomic E-state index is 0.104. The summed E-state index contributed by atoms with van der Waals surface area (Å²) in [5, 5.41) is 0. The van der Waals surface area contributed by atoms with Gasteiger partial charge in [0.1, 0.15) is 17.5 Å². The molecule has 5 aromatic rings. The Morgan fingerprint density at radius 1 is 0.794 bits per heavy atom. The smallest absolute Gasteiger partial charge is 0.257 e. The van der Waals surface area contributed by atoms with Crippen molar-refractivity contribution in [1.29, 1.82) is 0 Å². The van der Waals surface area contributed by atoms with Gasteiger partial charge in [-0.15, -0.1) is 0 Å². The Labute approximate surface area is 195 Å². The van der Waals surface area contributed by atoms with E-state index in [0.717, 1.165) is 40.5 Å². The number of hydrogen-bond acceptors (Lipinski definition) is 2. The van der Waals surface area contributed by atoms with Crippen LogP contribution >= 0.6 is 0 Å². The van der Waals surface area contributed by atoms with Gasteiger partial charge in [0.25, 0.3) is 5.91 Å². The number of carbonyl (C=O) groups excluding carboxylic acids is 1. The lowest BCUT2D eigenvalue weighted by atomic mass is 10.1. The number of benzene rings is 4. The largest absolute Gasteiger partial charge is 0.327 e. The number of rotatable bonds is 6. The molecule has 0 fully saturated rings. The van der Waals surface area contributed by atoms with Crippen LogP contribution < -0.4 is 0 Å². The molecule has 0 radical (unpaired) electrons. The Balaban J connectivity index is 1.61. The molecule has 6 heteroatoms. The van der Waals surface area contributed by atoms with Crippen LogP contribution in [0.4, 0.5) is 8.78 Å². The molecule has 0 saturated carbocycles. The topological polar surface area (TPSA) is 38.1 Å². The van der Waals surface area contributed by atoms with Crippen LogP contribution in [0.3, 0.4) is 0 Å². The number of imidazole rings is 1. The van der Waals surface area contributed by atoms with Crippen molar-refractivity contribution < 1.29 is 13.6 Å². The highest BCUT2D eigenvalue weighted by atomic mass is 19.1. The van der Waals surface area contributed by atoms with E-state index in [1.165, 1.54) is 4.90 Å². The molecule has 5 rings (SSSR count). The molecule has 1 amide bonds. The average molecular weight is 453 g/mol. The SMILES string of the molecule is O=C(c1cc(F)ccc1F)N(Cc1ccccc1)Cc1nc2ccccc2n1-c1ccccc1. The summed E-state index contributed by atoms with van der Waals surface area (Å²) in [6, 6.07) is 29.8. The maximum Gasteiger partial charge on any atom is 0.257 e. The highest BCUT2D eigenvalue weighted by Crippen LogP contribution is 2.24. The summed E-state index contributed by atoms with van der Waals surface area (Å²) >= 11 is 0. The van der Waals surface area contributed by atoms with Crippen LogP contribution in [-0.2, 0) is 13.1 Å². The van der Waals surface area contributed by atoms with Crippen molar-refractivity contribution in [3.63, 3.8) is 0 Å². The maximum absolute atomic E-state index is 14.5. The molecule has 0 N–H and O–H groups in total. The summed E-state index contributed by atoms with van der Waals surface area (Å²) < 4.78 is 30.4. The fourth-order valence-corrected chi connectivity index (χ4v) is 4.05. The van der Waals surface area contributed by atoms with E-state index in [1.807, 2.05) is 89.5 Å². The Morgan fingerprint density at radius 2 is 1.47 bits per heavy atom. The fraction of sp³-hybridized carbons (Fsp3) is 0.0714. The van der Waals surface area contributed by atoms with Gasteiger partial charge in [0.15, 0.2) is 0 Å². The molecule has 0 aliphatic carbocycles. The van der Waals surface area contributed by atoms with E-state index in [-0.39, 0.29) is 18.7 Å². The Morgan fingerprint density at radius 3 is 2.24 bits per heavy atom. The van der Waals surface area contributed by atoms with Gasteiger partial charge in [-0.05, 0) is 48.0 Å². The van der Waals surface area contributed by atoms with Gasteiger partial charge in [-0.25, -0.2) is 13.8 Å². The van der Waals surface area contributed by atoms with Crippen LogP contribution in [0.1, 0.15) is 21.7 Å². The minimum atomic E-state index is -0.763. The predicted molar refractivity (Wildman–Crippen MR) is 127 cm³/mol. The van der Waals surface area contributed by atoms with Gasteiger partial charge >= 0.3 is 0 Å². The van der Waals surface area contributed by atoms with E-state index >= 15 is 0 Å². The molecule has 1 heterocycles. The normalized spacial score (nSPS) is 11.0. The molecule has 0 saturated heterocycles. The lowest BCUT2D eigenvalue weighted by Gasteiger charge is -2.23.